The van der Waals surface area contributed by atoms with E-state index >= 15 is 0 Å². The topological polar surface area (TPSA) is 86.3 Å². The van der Waals surface area contributed by atoms with E-state index in [1.807, 2.05) is 6.92 Å². The van der Waals surface area contributed by atoms with Crippen LogP contribution in [0.15, 0.2) is 11.2 Å². The van der Waals surface area contributed by atoms with E-state index < -0.39 is 16.1 Å². The van der Waals surface area contributed by atoms with Gasteiger partial charge in [0.1, 0.15) is 5.82 Å². The van der Waals surface area contributed by atoms with Crippen molar-refractivity contribution in [3.05, 3.63) is 12.0 Å². The minimum Gasteiger partial charge on any atom is -0.391 e. The summed E-state index contributed by atoms with van der Waals surface area (Å²) >= 11 is 0. The summed E-state index contributed by atoms with van der Waals surface area (Å²) in [5.41, 5.74) is 0. The Morgan fingerprint density at radius 3 is 2.74 bits per heavy atom. The van der Waals surface area contributed by atoms with Crippen LogP contribution in [0, 0.1) is 0 Å². The Kier molecular flexibility index (Phi) is 4.27. The van der Waals surface area contributed by atoms with Crippen LogP contribution in [0.25, 0.3) is 0 Å². The van der Waals surface area contributed by atoms with Gasteiger partial charge < -0.3 is 10.1 Å². The van der Waals surface area contributed by atoms with E-state index in [0.717, 1.165) is 12.8 Å². The SMILES string of the molecule is CCc1ncc(S(=O)(=O)N(C)C2CCCCC2O)[nH]1. The summed E-state index contributed by atoms with van der Waals surface area (Å²) in [7, 11) is -2.08. The molecule has 0 radical (unpaired) electrons. The molecule has 1 fully saturated rings. The first-order valence-electron chi connectivity index (χ1n) is 6.66. The smallest absolute Gasteiger partial charge is 0.260 e. The molecule has 1 heterocycles. The van der Waals surface area contributed by atoms with E-state index in [-0.39, 0.29) is 11.1 Å². The molecule has 0 spiro atoms. The number of rotatable bonds is 4. The second-order valence-electron chi connectivity index (χ2n) is 4.99. The van der Waals surface area contributed by atoms with E-state index in [1.165, 1.54) is 17.5 Å². The third-order valence-electron chi connectivity index (χ3n) is 3.76. The van der Waals surface area contributed by atoms with Crippen molar-refractivity contribution in [1.29, 1.82) is 0 Å². The largest absolute Gasteiger partial charge is 0.391 e. The molecule has 1 saturated carbocycles. The van der Waals surface area contributed by atoms with Crippen LogP contribution in [0.2, 0.25) is 0 Å². The van der Waals surface area contributed by atoms with Gasteiger partial charge in [-0.15, -0.1) is 0 Å². The van der Waals surface area contributed by atoms with Gasteiger partial charge in [0.05, 0.1) is 18.3 Å². The Morgan fingerprint density at radius 2 is 2.16 bits per heavy atom. The Hall–Kier alpha value is -0.920. The number of H-pyrrole nitrogens is 1. The van der Waals surface area contributed by atoms with Gasteiger partial charge in [-0.2, -0.15) is 4.31 Å². The number of nitrogens with zero attached hydrogens (tertiary/aromatic N) is 2. The van der Waals surface area contributed by atoms with Gasteiger partial charge >= 0.3 is 0 Å². The highest BCUT2D eigenvalue weighted by molar-refractivity contribution is 7.89. The summed E-state index contributed by atoms with van der Waals surface area (Å²) in [6, 6.07) is -0.341. The average Bonchev–Trinajstić information content (AvgIpc) is 2.88. The lowest BCUT2D eigenvalue weighted by Gasteiger charge is -2.33. The van der Waals surface area contributed by atoms with Crippen molar-refractivity contribution in [3.8, 4) is 0 Å². The number of aliphatic hydroxyl groups is 1. The van der Waals surface area contributed by atoms with E-state index in [0.29, 0.717) is 25.1 Å². The molecule has 19 heavy (non-hydrogen) atoms. The number of nitrogens with one attached hydrogen (secondary N) is 1. The first-order chi connectivity index (χ1) is 8.96. The van der Waals surface area contributed by atoms with Gasteiger partial charge in [-0.3, -0.25) is 0 Å². The molecule has 0 saturated heterocycles. The summed E-state index contributed by atoms with van der Waals surface area (Å²) in [5, 5.41) is 10.1. The summed E-state index contributed by atoms with van der Waals surface area (Å²) in [4.78, 5) is 6.84. The van der Waals surface area contributed by atoms with Crippen molar-refractivity contribution < 1.29 is 13.5 Å². The molecule has 7 heteroatoms. The first kappa shape index (κ1) is 14.5. The van der Waals surface area contributed by atoms with Crippen molar-refractivity contribution in [3.63, 3.8) is 0 Å². The molecule has 1 aliphatic rings. The summed E-state index contributed by atoms with van der Waals surface area (Å²) < 4.78 is 26.2. The van der Waals surface area contributed by atoms with Gasteiger partial charge in [0.2, 0.25) is 0 Å². The molecule has 0 aliphatic heterocycles. The Bertz CT molecular complexity index is 526. The zero-order valence-corrected chi connectivity index (χ0v) is 12.2. The van der Waals surface area contributed by atoms with Crippen LogP contribution >= 0.6 is 0 Å². The highest BCUT2D eigenvalue weighted by atomic mass is 32.2. The molecule has 2 N–H and O–H groups in total. The predicted molar refractivity (Wildman–Crippen MR) is 71.2 cm³/mol. The zero-order chi connectivity index (χ0) is 14.0. The van der Waals surface area contributed by atoms with Crippen molar-refractivity contribution in [2.24, 2.45) is 0 Å². The van der Waals surface area contributed by atoms with Crippen LogP contribution in [-0.4, -0.2) is 47.0 Å². The van der Waals surface area contributed by atoms with E-state index in [2.05, 4.69) is 9.97 Å². The van der Waals surface area contributed by atoms with E-state index in [1.54, 1.807) is 0 Å². The molecule has 6 nitrogen and oxygen atoms in total. The van der Waals surface area contributed by atoms with Crippen LogP contribution in [0.5, 0.6) is 0 Å². The maximum atomic E-state index is 12.4. The van der Waals surface area contributed by atoms with Crippen LogP contribution in [0.3, 0.4) is 0 Å². The number of sulfonamides is 1. The maximum Gasteiger partial charge on any atom is 0.260 e. The van der Waals surface area contributed by atoms with Crippen LogP contribution in [-0.2, 0) is 16.4 Å². The molecule has 1 aromatic heterocycles. The second kappa shape index (κ2) is 5.60. The molecule has 0 aromatic carbocycles. The maximum absolute atomic E-state index is 12.4. The van der Waals surface area contributed by atoms with Crippen LogP contribution in [0.1, 0.15) is 38.4 Å². The normalized spacial score (nSPS) is 24.8. The molecule has 108 valence electrons. The van der Waals surface area contributed by atoms with Gasteiger partial charge in [0.25, 0.3) is 10.0 Å². The fourth-order valence-electron chi connectivity index (χ4n) is 2.50. The summed E-state index contributed by atoms with van der Waals surface area (Å²) in [6.07, 6.45) is 4.69. The molecule has 1 aliphatic carbocycles. The molecule has 2 atom stereocenters. The first-order valence-corrected chi connectivity index (χ1v) is 8.10. The number of likely N-dealkylation sites (N-methyl/N-ethyl adjacent to an activating group) is 1. The highest BCUT2D eigenvalue weighted by Gasteiger charge is 2.35. The fraction of sp³-hybridized carbons (Fsp3) is 0.750. The number of hydrogen-bond donors (Lipinski definition) is 2. The van der Waals surface area contributed by atoms with Crippen molar-refractivity contribution >= 4 is 10.0 Å². The minimum absolute atomic E-state index is 0.102. The number of aliphatic hydroxyl groups excluding tert-OH is 1. The van der Waals surface area contributed by atoms with Gasteiger partial charge in [-0.25, -0.2) is 13.4 Å². The van der Waals surface area contributed by atoms with E-state index in [4.69, 9.17) is 0 Å². The number of aromatic amines is 1. The van der Waals surface area contributed by atoms with Crippen LogP contribution in [0.4, 0.5) is 0 Å². The predicted octanol–water partition coefficient (Wildman–Crippen LogP) is 0.896. The molecule has 0 bridgehead atoms. The third-order valence-corrected chi connectivity index (χ3v) is 5.55. The van der Waals surface area contributed by atoms with Crippen LogP contribution < -0.4 is 0 Å². The monoisotopic (exact) mass is 287 g/mol. The Labute approximate surface area is 113 Å². The third kappa shape index (κ3) is 2.82. The Balaban J connectivity index is 2.23. The van der Waals surface area contributed by atoms with Gasteiger partial charge in [0.15, 0.2) is 5.03 Å². The minimum atomic E-state index is -3.61. The number of hydrogen-bond acceptors (Lipinski definition) is 4. The van der Waals surface area contributed by atoms with Gasteiger partial charge in [0, 0.05) is 13.5 Å². The second-order valence-corrected chi connectivity index (χ2v) is 6.95. The average molecular weight is 287 g/mol. The lowest BCUT2D eigenvalue weighted by molar-refractivity contribution is 0.0637. The standard InChI is InChI=1S/C12H21N3O3S/c1-3-11-13-8-12(14-11)19(17,18)15(2)9-6-4-5-7-10(9)16/h8-10,16H,3-7H2,1-2H3,(H,13,14). The molecule has 0 amide bonds. The summed E-state index contributed by atoms with van der Waals surface area (Å²) in [5.74, 6) is 0.649. The van der Waals surface area contributed by atoms with Gasteiger partial charge in [-0.1, -0.05) is 19.8 Å². The van der Waals surface area contributed by atoms with E-state index in [9.17, 15) is 13.5 Å². The number of imidazole rings is 1. The van der Waals surface area contributed by atoms with Crippen molar-refractivity contribution in [2.75, 3.05) is 7.05 Å². The summed E-state index contributed by atoms with van der Waals surface area (Å²) in [6.45, 7) is 1.91. The molecular weight excluding hydrogens is 266 g/mol. The molecular formula is C12H21N3O3S. The highest BCUT2D eigenvalue weighted by Crippen LogP contribution is 2.26. The Morgan fingerprint density at radius 1 is 1.47 bits per heavy atom. The quantitative estimate of drug-likeness (QED) is 0.861. The van der Waals surface area contributed by atoms with Crippen molar-refractivity contribution in [1.82, 2.24) is 14.3 Å². The van der Waals surface area contributed by atoms with Gasteiger partial charge in [-0.05, 0) is 12.8 Å². The lowest BCUT2D eigenvalue weighted by Crippen LogP contribution is -2.46. The molecule has 1 aromatic rings. The molecule has 2 rings (SSSR count). The lowest BCUT2D eigenvalue weighted by atomic mass is 9.93. The fourth-order valence-corrected chi connectivity index (χ4v) is 3.85. The van der Waals surface area contributed by atoms with Crippen molar-refractivity contribution in [2.45, 2.75) is 56.2 Å². The number of aromatic nitrogens is 2. The molecule has 2 unspecified atom stereocenters. The number of aryl methyl sites for hydroxylation is 1. The zero-order valence-electron chi connectivity index (χ0n) is 11.3.